The number of hydrogen-bond acceptors (Lipinski definition) is 5. The molecule has 2 aromatic rings. The van der Waals surface area contributed by atoms with Crippen LogP contribution >= 0.6 is 11.3 Å². The maximum atomic E-state index is 12.2. The summed E-state index contributed by atoms with van der Waals surface area (Å²) in [5.74, 6) is 1.95. The predicted molar refractivity (Wildman–Crippen MR) is 110 cm³/mol. The fourth-order valence-corrected chi connectivity index (χ4v) is 4.85. The molecule has 1 amide bonds. The molecule has 6 heteroatoms. The van der Waals surface area contributed by atoms with Gasteiger partial charge in [0.1, 0.15) is 5.82 Å². The Bertz CT molecular complexity index is 705. The van der Waals surface area contributed by atoms with Crippen molar-refractivity contribution in [3.8, 4) is 0 Å². The molecule has 0 bridgehead atoms. The van der Waals surface area contributed by atoms with E-state index in [0.717, 1.165) is 56.3 Å². The SMILES string of the molecule is O=C(NC1CCC(CN2CCN(c3ccccn3)CC2)CC1)c1ccsc1. The first kappa shape index (κ1) is 18.4. The van der Waals surface area contributed by atoms with Crippen LogP contribution in [0.15, 0.2) is 41.2 Å². The third kappa shape index (κ3) is 4.87. The smallest absolute Gasteiger partial charge is 0.252 e. The number of thiophene rings is 1. The lowest BCUT2D eigenvalue weighted by Gasteiger charge is -2.38. The molecule has 1 N–H and O–H groups in total. The van der Waals surface area contributed by atoms with E-state index >= 15 is 0 Å². The molecule has 1 saturated heterocycles. The van der Waals surface area contributed by atoms with Gasteiger partial charge in [0, 0.05) is 55.9 Å². The number of hydrogen-bond donors (Lipinski definition) is 1. The third-order valence-electron chi connectivity index (χ3n) is 5.83. The first-order chi connectivity index (χ1) is 13.3. The summed E-state index contributed by atoms with van der Waals surface area (Å²) < 4.78 is 0. The first-order valence-corrected chi connectivity index (χ1v) is 10.9. The lowest BCUT2D eigenvalue weighted by molar-refractivity contribution is 0.0916. The van der Waals surface area contributed by atoms with Gasteiger partial charge in [-0.2, -0.15) is 11.3 Å². The Kier molecular flexibility index (Phi) is 6.04. The van der Waals surface area contributed by atoms with Crippen LogP contribution < -0.4 is 10.2 Å². The Labute approximate surface area is 165 Å². The van der Waals surface area contributed by atoms with E-state index in [9.17, 15) is 4.79 Å². The molecule has 3 heterocycles. The zero-order valence-electron chi connectivity index (χ0n) is 15.7. The van der Waals surface area contributed by atoms with Gasteiger partial charge in [0.2, 0.25) is 0 Å². The second-order valence-corrected chi connectivity index (χ2v) is 8.46. The second-order valence-electron chi connectivity index (χ2n) is 7.68. The van der Waals surface area contributed by atoms with Crippen molar-refractivity contribution in [1.82, 2.24) is 15.2 Å². The minimum absolute atomic E-state index is 0.0883. The zero-order chi connectivity index (χ0) is 18.5. The molecule has 0 atom stereocenters. The highest BCUT2D eigenvalue weighted by molar-refractivity contribution is 7.08. The van der Waals surface area contributed by atoms with Gasteiger partial charge in [0.05, 0.1) is 0 Å². The van der Waals surface area contributed by atoms with Crippen LogP contribution in [-0.4, -0.2) is 54.6 Å². The van der Waals surface area contributed by atoms with E-state index in [4.69, 9.17) is 0 Å². The Hall–Kier alpha value is -1.92. The van der Waals surface area contributed by atoms with Crippen molar-refractivity contribution in [2.24, 2.45) is 5.92 Å². The Morgan fingerprint density at radius 3 is 2.59 bits per heavy atom. The van der Waals surface area contributed by atoms with Crippen LogP contribution in [0.25, 0.3) is 0 Å². The van der Waals surface area contributed by atoms with Gasteiger partial charge in [0.15, 0.2) is 0 Å². The lowest BCUT2D eigenvalue weighted by atomic mass is 9.85. The summed E-state index contributed by atoms with van der Waals surface area (Å²) in [7, 11) is 0. The van der Waals surface area contributed by atoms with Crippen molar-refractivity contribution in [2.75, 3.05) is 37.6 Å². The molecule has 27 heavy (non-hydrogen) atoms. The van der Waals surface area contributed by atoms with E-state index in [-0.39, 0.29) is 5.91 Å². The zero-order valence-corrected chi connectivity index (χ0v) is 16.5. The highest BCUT2D eigenvalue weighted by atomic mass is 32.1. The van der Waals surface area contributed by atoms with Crippen LogP contribution in [0, 0.1) is 5.92 Å². The normalized spacial score (nSPS) is 23.9. The molecule has 0 aromatic carbocycles. The first-order valence-electron chi connectivity index (χ1n) is 9.99. The summed E-state index contributed by atoms with van der Waals surface area (Å²) in [6.45, 7) is 5.55. The fourth-order valence-electron chi connectivity index (χ4n) is 4.22. The number of aromatic nitrogens is 1. The molecule has 2 aliphatic rings. The number of amides is 1. The molecule has 1 aliphatic heterocycles. The van der Waals surface area contributed by atoms with Crippen molar-refractivity contribution >= 4 is 23.1 Å². The van der Waals surface area contributed by atoms with Crippen LogP contribution in [-0.2, 0) is 0 Å². The molecular formula is C21H28N4OS. The topological polar surface area (TPSA) is 48.5 Å². The van der Waals surface area contributed by atoms with Gasteiger partial charge in [0.25, 0.3) is 5.91 Å². The molecule has 4 rings (SSSR count). The molecule has 5 nitrogen and oxygen atoms in total. The van der Waals surface area contributed by atoms with Crippen LogP contribution in [0.5, 0.6) is 0 Å². The lowest BCUT2D eigenvalue weighted by Crippen LogP contribution is -2.48. The highest BCUT2D eigenvalue weighted by Crippen LogP contribution is 2.26. The van der Waals surface area contributed by atoms with Crippen LogP contribution in [0.3, 0.4) is 0 Å². The molecule has 2 aromatic heterocycles. The summed E-state index contributed by atoms with van der Waals surface area (Å²) in [5, 5.41) is 7.09. The van der Waals surface area contributed by atoms with Crippen molar-refractivity contribution in [2.45, 2.75) is 31.7 Å². The number of nitrogens with zero attached hydrogens (tertiary/aromatic N) is 3. The van der Waals surface area contributed by atoms with E-state index in [0.29, 0.717) is 6.04 Å². The van der Waals surface area contributed by atoms with Gasteiger partial charge < -0.3 is 10.2 Å². The Balaban J connectivity index is 1.17. The van der Waals surface area contributed by atoms with Crippen molar-refractivity contribution in [1.29, 1.82) is 0 Å². The summed E-state index contributed by atoms with van der Waals surface area (Å²) in [6, 6.07) is 8.37. The standard InChI is InChI=1S/C21H28N4OS/c26-21(18-8-14-27-16-18)23-19-6-4-17(5-7-19)15-24-10-12-25(13-11-24)20-3-1-2-9-22-20/h1-3,8-9,14,16-17,19H,4-7,10-13,15H2,(H,23,26). The van der Waals surface area contributed by atoms with Gasteiger partial charge >= 0.3 is 0 Å². The fraction of sp³-hybridized carbons (Fsp3) is 0.524. The Morgan fingerprint density at radius 1 is 1.11 bits per heavy atom. The minimum Gasteiger partial charge on any atom is -0.354 e. The van der Waals surface area contributed by atoms with Gasteiger partial charge in [-0.25, -0.2) is 4.98 Å². The average molecular weight is 385 g/mol. The number of piperazine rings is 1. The van der Waals surface area contributed by atoms with Gasteiger partial charge in [-0.3, -0.25) is 9.69 Å². The Morgan fingerprint density at radius 2 is 1.93 bits per heavy atom. The molecule has 0 spiro atoms. The minimum atomic E-state index is 0.0883. The molecule has 1 aliphatic carbocycles. The predicted octanol–water partition coefficient (Wildman–Crippen LogP) is 3.25. The van der Waals surface area contributed by atoms with E-state index < -0.39 is 0 Å². The van der Waals surface area contributed by atoms with Crippen LogP contribution in [0.4, 0.5) is 5.82 Å². The number of carbonyl (C=O) groups excluding carboxylic acids is 1. The van der Waals surface area contributed by atoms with Crippen molar-refractivity contribution in [3.05, 3.63) is 46.8 Å². The van der Waals surface area contributed by atoms with Crippen molar-refractivity contribution < 1.29 is 4.79 Å². The summed E-state index contributed by atoms with van der Waals surface area (Å²) in [5.41, 5.74) is 0.799. The number of carbonyl (C=O) groups is 1. The number of anilines is 1. The maximum Gasteiger partial charge on any atom is 0.252 e. The van der Waals surface area contributed by atoms with E-state index in [2.05, 4.69) is 32.2 Å². The van der Waals surface area contributed by atoms with E-state index in [1.807, 2.05) is 29.1 Å². The molecular weight excluding hydrogens is 356 g/mol. The van der Waals surface area contributed by atoms with Crippen molar-refractivity contribution in [3.63, 3.8) is 0 Å². The second kappa shape index (κ2) is 8.85. The summed E-state index contributed by atoms with van der Waals surface area (Å²) in [4.78, 5) is 21.7. The van der Waals surface area contributed by atoms with Gasteiger partial charge in [-0.15, -0.1) is 0 Å². The monoisotopic (exact) mass is 384 g/mol. The highest BCUT2D eigenvalue weighted by Gasteiger charge is 2.26. The van der Waals surface area contributed by atoms with Gasteiger partial charge in [-0.05, 0) is 55.2 Å². The number of rotatable bonds is 5. The average Bonchev–Trinajstić information content (AvgIpc) is 3.26. The van der Waals surface area contributed by atoms with E-state index in [1.54, 1.807) is 11.3 Å². The molecule has 0 unspecified atom stereocenters. The van der Waals surface area contributed by atoms with Crippen LogP contribution in [0.2, 0.25) is 0 Å². The molecule has 144 valence electrons. The molecule has 1 saturated carbocycles. The number of pyridine rings is 1. The van der Waals surface area contributed by atoms with E-state index in [1.165, 1.54) is 19.4 Å². The third-order valence-corrected chi connectivity index (χ3v) is 6.51. The summed E-state index contributed by atoms with van der Waals surface area (Å²) >= 11 is 1.57. The maximum absolute atomic E-state index is 12.2. The van der Waals surface area contributed by atoms with Gasteiger partial charge in [-0.1, -0.05) is 6.07 Å². The molecule has 2 fully saturated rings. The largest absolute Gasteiger partial charge is 0.354 e. The molecule has 0 radical (unpaired) electrons. The number of nitrogens with one attached hydrogen (secondary N) is 1. The quantitative estimate of drug-likeness (QED) is 0.860. The van der Waals surface area contributed by atoms with Crippen LogP contribution in [0.1, 0.15) is 36.0 Å². The summed E-state index contributed by atoms with van der Waals surface area (Å²) in [6.07, 6.45) is 6.52.